The van der Waals surface area contributed by atoms with Gasteiger partial charge in [-0.3, -0.25) is 4.68 Å². The van der Waals surface area contributed by atoms with Crippen LogP contribution in [-0.2, 0) is 17.8 Å². The summed E-state index contributed by atoms with van der Waals surface area (Å²) in [4.78, 5) is 0. The molecule has 0 unspecified atom stereocenters. The lowest BCUT2D eigenvalue weighted by atomic mass is 10.4. The number of hydrogen-bond donors (Lipinski definition) is 1. The molecule has 2 rings (SSSR count). The number of ether oxygens (including phenoxy) is 1. The molecule has 0 fully saturated rings. The van der Waals surface area contributed by atoms with Crippen molar-refractivity contribution in [1.29, 1.82) is 0 Å². The summed E-state index contributed by atoms with van der Waals surface area (Å²) in [6.45, 7) is 4.03. The van der Waals surface area contributed by atoms with Crippen LogP contribution in [0.4, 0.5) is 5.69 Å². The van der Waals surface area contributed by atoms with Crippen molar-refractivity contribution >= 4 is 5.69 Å². The Balaban J connectivity index is 1.84. The first-order valence-corrected chi connectivity index (χ1v) is 5.58. The van der Waals surface area contributed by atoms with E-state index in [0.717, 1.165) is 23.8 Å². The highest BCUT2D eigenvalue weighted by Crippen LogP contribution is 2.10. The molecular formula is C12H17N3O2. The number of nitrogens with zero attached hydrogens (tertiary/aromatic N) is 2. The second-order valence-electron chi connectivity index (χ2n) is 3.85. The summed E-state index contributed by atoms with van der Waals surface area (Å²) in [5.74, 6) is 1.85. The van der Waals surface area contributed by atoms with E-state index in [0.29, 0.717) is 13.2 Å². The Morgan fingerprint density at radius 1 is 1.47 bits per heavy atom. The number of hydrogen-bond acceptors (Lipinski definition) is 4. The topological polar surface area (TPSA) is 52.2 Å². The summed E-state index contributed by atoms with van der Waals surface area (Å²) >= 11 is 0. The van der Waals surface area contributed by atoms with Gasteiger partial charge in [-0.1, -0.05) is 0 Å². The Kier molecular flexibility index (Phi) is 3.82. The minimum atomic E-state index is 0.665. The van der Waals surface area contributed by atoms with E-state index in [9.17, 15) is 0 Å². The Morgan fingerprint density at radius 2 is 2.35 bits per heavy atom. The molecule has 0 saturated carbocycles. The van der Waals surface area contributed by atoms with Crippen molar-refractivity contribution in [2.24, 2.45) is 0 Å². The molecule has 0 radical (unpaired) electrons. The summed E-state index contributed by atoms with van der Waals surface area (Å²) in [5, 5.41) is 7.47. The summed E-state index contributed by atoms with van der Waals surface area (Å²) in [6.07, 6.45) is 3.75. The second-order valence-corrected chi connectivity index (χ2v) is 3.85. The van der Waals surface area contributed by atoms with Gasteiger partial charge in [0.15, 0.2) is 0 Å². The maximum atomic E-state index is 5.47. The predicted molar refractivity (Wildman–Crippen MR) is 64.9 cm³/mol. The molecule has 2 aromatic rings. The molecule has 0 bridgehead atoms. The van der Waals surface area contributed by atoms with Gasteiger partial charge in [-0.2, -0.15) is 5.10 Å². The molecule has 5 heteroatoms. The molecule has 2 heterocycles. The van der Waals surface area contributed by atoms with E-state index in [-0.39, 0.29) is 0 Å². The van der Waals surface area contributed by atoms with E-state index in [1.807, 2.05) is 29.9 Å². The van der Waals surface area contributed by atoms with Crippen molar-refractivity contribution in [3.05, 3.63) is 36.0 Å². The zero-order chi connectivity index (χ0) is 12.1. The number of anilines is 1. The van der Waals surface area contributed by atoms with E-state index in [1.165, 1.54) is 0 Å². The van der Waals surface area contributed by atoms with Crippen LogP contribution < -0.4 is 5.32 Å². The summed E-state index contributed by atoms with van der Waals surface area (Å²) in [7, 11) is 1.68. The molecule has 0 amide bonds. The largest absolute Gasteiger partial charge is 0.465 e. The maximum Gasteiger partial charge on any atom is 0.123 e. The maximum absolute atomic E-state index is 5.47. The first-order valence-electron chi connectivity index (χ1n) is 5.58. The summed E-state index contributed by atoms with van der Waals surface area (Å²) in [6, 6.07) is 3.93. The fourth-order valence-electron chi connectivity index (χ4n) is 1.53. The number of aromatic nitrogens is 2. The van der Waals surface area contributed by atoms with Crippen molar-refractivity contribution in [2.45, 2.75) is 20.0 Å². The third-order valence-electron chi connectivity index (χ3n) is 2.42. The van der Waals surface area contributed by atoms with Crippen molar-refractivity contribution in [3.63, 3.8) is 0 Å². The Bertz CT molecular complexity index is 462. The van der Waals surface area contributed by atoms with Crippen LogP contribution in [0.3, 0.4) is 0 Å². The molecule has 5 nitrogen and oxygen atoms in total. The molecule has 1 N–H and O–H groups in total. The molecule has 0 spiro atoms. The number of methoxy groups -OCH3 is 1. The Labute approximate surface area is 100 Å². The van der Waals surface area contributed by atoms with Crippen LogP contribution in [0.5, 0.6) is 0 Å². The van der Waals surface area contributed by atoms with Crippen molar-refractivity contribution in [2.75, 3.05) is 19.0 Å². The third-order valence-corrected chi connectivity index (χ3v) is 2.42. The van der Waals surface area contributed by atoms with Gasteiger partial charge in [-0.15, -0.1) is 0 Å². The number of nitrogens with one attached hydrogen (secondary N) is 1. The van der Waals surface area contributed by atoms with E-state index < -0.39 is 0 Å². The predicted octanol–water partition coefficient (Wildman–Crippen LogP) is 2.04. The molecule has 2 aromatic heterocycles. The van der Waals surface area contributed by atoms with Gasteiger partial charge in [0.1, 0.15) is 11.5 Å². The molecule has 0 aliphatic rings. The van der Waals surface area contributed by atoms with Crippen LogP contribution in [0, 0.1) is 6.92 Å². The van der Waals surface area contributed by atoms with E-state index in [4.69, 9.17) is 9.15 Å². The minimum Gasteiger partial charge on any atom is -0.465 e. The normalized spacial score (nSPS) is 10.7. The first-order chi connectivity index (χ1) is 8.28. The van der Waals surface area contributed by atoms with Gasteiger partial charge in [-0.05, 0) is 19.1 Å². The van der Waals surface area contributed by atoms with Gasteiger partial charge >= 0.3 is 0 Å². The summed E-state index contributed by atoms with van der Waals surface area (Å²) in [5.41, 5.74) is 0.982. The molecule has 0 aliphatic heterocycles. The van der Waals surface area contributed by atoms with Crippen LogP contribution in [-0.4, -0.2) is 23.5 Å². The van der Waals surface area contributed by atoms with Crippen LogP contribution in [0.2, 0.25) is 0 Å². The lowest BCUT2D eigenvalue weighted by Crippen LogP contribution is -2.04. The van der Waals surface area contributed by atoms with Gasteiger partial charge in [0.25, 0.3) is 0 Å². The standard InChI is InChI=1S/C12H17N3O2/c1-10-3-4-12(17-10)8-13-11-7-14-15(9-11)5-6-16-2/h3-4,7,9,13H,5-6,8H2,1-2H3. The fourth-order valence-corrected chi connectivity index (χ4v) is 1.53. The lowest BCUT2D eigenvalue weighted by Gasteiger charge is -2.00. The molecular weight excluding hydrogens is 218 g/mol. The van der Waals surface area contributed by atoms with Crippen molar-refractivity contribution in [1.82, 2.24) is 9.78 Å². The quantitative estimate of drug-likeness (QED) is 0.832. The van der Waals surface area contributed by atoms with Crippen LogP contribution in [0.1, 0.15) is 11.5 Å². The minimum absolute atomic E-state index is 0.665. The lowest BCUT2D eigenvalue weighted by molar-refractivity contribution is 0.183. The monoisotopic (exact) mass is 235 g/mol. The van der Waals surface area contributed by atoms with E-state index >= 15 is 0 Å². The zero-order valence-corrected chi connectivity index (χ0v) is 10.1. The number of rotatable bonds is 6. The van der Waals surface area contributed by atoms with Crippen molar-refractivity contribution < 1.29 is 9.15 Å². The van der Waals surface area contributed by atoms with Gasteiger partial charge < -0.3 is 14.5 Å². The smallest absolute Gasteiger partial charge is 0.123 e. The summed E-state index contributed by atoms with van der Waals surface area (Å²) < 4.78 is 12.3. The average Bonchev–Trinajstić information content (AvgIpc) is 2.93. The zero-order valence-electron chi connectivity index (χ0n) is 10.1. The highest BCUT2D eigenvalue weighted by atomic mass is 16.5. The average molecular weight is 235 g/mol. The highest BCUT2D eigenvalue weighted by molar-refractivity contribution is 5.38. The molecule has 92 valence electrons. The third kappa shape index (κ3) is 3.35. The number of aryl methyl sites for hydroxylation is 1. The highest BCUT2D eigenvalue weighted by Gasteiger charge is 2.01. The molecule has 0 aliphatic carbocycles. The van der Waals surface area contributed by atoms with Gasteiger partial charge in [-0.25, -0.2) is 0 Å². The van der Waals surface area contributed by atoms with Crippen LogP contribution in [0.25, 0.3) is 0 Å². The fraction of sp³-hybridized carbons (Fsp3) is 0.417. The van der Waals surface area contributed by atoms with Gasteiger partial charge in [0.05, 0.1) is 31.6 Å². The number of furan rings is 1. The molecule has 17 heavy (non-hydrogen) atoms. The van der Waals surface area contributed by atoms with Gasteiger partial charge in [0.2, 0.25) is 0 Å². The van der Waals surface area contributed by atoms with Crippen LogP contribution in [0.15, 0.2) is 28.9 Å². The van der Waals surface area contributed by atoms with Crippen LogP contribution >= 0.6 is 0 Å². The van der Waals surface area contributed by atoms with E-state index in [2.05, 4.69) is 10.4 Å². The second kappa shape index (κ2) is 5.54. The SMILES string of the molecule is COCCn1cc(NCc2ccc(C)o2)cn1. The Hall–Kier alpha value is -1.75. The Morgan fingerprint density at radius 3 is 3.06 bits per heavy atom. The van der Waals surface area contributed by atoms with Crippen molar-refractivity contribution in [3.8, 4) is 0 Å². The first kappa shape index (κ1) is 11.7. The van der Waals surface area contributed by atoms with Gasteiger partial charge in [0, 0.05) is 13.3 Å². The molecule has 0 aromatic carbocycles. The molecule has 0 atom stereocenters. The van der Waals surface area contributed by atoms with E-state index in [1.54, 1.807) is 13.3 Å². The molecule has 0 saturated heterocycles.